The fourth-order valence-corrected chi connectivity index (χ4v) is 5.74. The molecule has 2 aromatic carbocycles. The minimum atomic E-state index is -3.25. The van der Waals surface area contributed by atoms with Crippen molar-refractivity contribution >= 4 is 23.8 Å². The van der Waals surface area contributed by atoms with Gasteiger partial charge in [-0.2, -0.15) is 8.78 Å². The Morgan fingerprint density at radius 1 is 1.05 bits per heavy atom. The van der Waals surface area contributed by atoms with E-state index >= 15 is 8.78 Å². The maximum atomic E-state index is 15.2. The van der Waals surface area contributed by atoms with E-state index in [0.29, 0.717) is 29.7 Å². The van der Waals surface area contributed by atoms with Gasteiger partial charge in [-0.3, -0.25) is 9.59 Å². The van der Waals surface area contributed by atoms with E-state index in [1.807, 2.05) is 0 Å². The van der Waals surface area contributed by atoms with E-state index in [0.717, 1.165) is 18.9 Å². The Kier molecular flexibility index (Phi) is 6.92. The first-order valence-electron chi connectivity index (χ1n) is 13.4. The second-order valence-electron chi connectivity index (χ2n) is 11.5. The highest BCUT2D eigenvalue weighted by Crippen LogP contribution is 2.55. The summed E-state index contributed by atoms with van der Waals surface area (Å²) in [6, 6.07) is 7.16. The zero-order valence-electron chi connectivity index (χ0n) is 22.9. The number of ketones is 1. The number of esters is 1. The number of aryl methyl sites for hydroxylation is 1. The molecule has 40 heavy (non-hydrogen) atoms. The summed E-state index contributed by atoms with van der Waals surface area (Å²) in [4.78, 5) is 52.8. The Hall–Kier alpha value is -3.82. The lowest BCUT2D eigenvalue weighted by Gasteiger charge is -2.29. The zero-order valence-corrected chi connectivity index (χ0v) is 22.9. The van der Waals surface area contributed by atoms with Crippen molar-refractivity contribution in [2.24, 2.45) is 11.3 Å². The monoisotopic (exact) mass is 554 g/mol. The number of hydrogen-bond acceptors (Lipinski definition) is 6. The maximum Gasteiger partial charge on any atom is 0.407 e. The van der Waals surface area contributed by atoms with E-state index in [9.17, 15) is 19.2 Å². The highest BCUT2D eigenvalue weighted by Gasteiger charge is 2.56. The molecule has 1 aliphatic heterocycles. The predicted molar refractivity (Wildman–Crippen MR) is 141 cm³/mol. The van der Waals surface area contributed by atoms with Crippen molar-refractivity contribution < 1.29 is 37.4 Å². The van der Waals surface area contributed by atoms with E-state index in [1.165, 1.54) is 30.2 Å². The fourth-order valence-electron chi connectivity index (χ4n) is 5.74. The summed E-state index contributed by atoms with van der Waals surface area (Å²) in [7, 11) is 1.20. The van der Waals surface area contributed by atoms with Crippen molar-refractivity contribution in [1.82, 2.24) is 10.2 Å². The van der Waals surface area contributed by atoms with Crippen LogP contribution in [0.4, 0.5) is 13.6 Å². The van der Waals surface area contributed by atoms with Gasteiger partial charge in [0.1, 0.15) is 12.1 Å². The van der Waals surface area contributed by atoms with Crippen LogP contribution in [0, 0.1) is 18.3 Å². The smallest absolute Gasteiger partial charge is 0.407 e. The summed E-state index contributed by atoms with van der Waals surface area (Å²) in [5, 5.41) is 2.54. The number of carbonyl (C=O) groups is 4. The number of likely N-dealkylation sites (tertiary alicyclic amines) is 1. The average Bonchev–Trinajstić information content (AvgIpc) is 3.51. The van der Waals surface area contributed by atoms with Crippen LogP contribution >= 0.6 is 0 Å². The van der Waals surface area contributed by atoms with Gasteiger partial charge in [0.25, 0.3) is 5.92 Å². The van der Waals surface area contributed by atoms with Gasteiger partial charge in [-0.15, -0.1) is 0 Å². The number of nitrogens with zero attached hydrogens (tertiary/aromatic N) is 1. The van der Waals surface area contributed by atoms with Crippen molar-refractivity contribution in [2.45, 2.75) is 58.0 Å². The van der Waals surface area contributed by atoms with Gasteiger partial charge in [-0.25, -0.2) is 9.59 Å². The van der Waals surface area contributed by atoms with Gasteiger partial charge in [-0.1, -0.05) is 43.7 Å². The third kappa shape index (κ3) is 4.84. The van der Waals surface area contributed by atoms with Gasteiger partial charge in [0.2, 0.25) is 5.91 Å². The van der Waals surface area contributed by atoms with E-state index < -0.39 is 48.4 Å². The molecule has 0 bridgehead atoms. The molecule has 0 unspecified atom stereocenters. The number of rotatable bonds is 7. The van der Waals surface area contributed by atoms with Gasteiger partial charge in [0.15, 0.2) is 12.4 Å². The van der Waals surface area contributed by atoms with Crippen LogP contribution < -0.4 is 5.32 Å². The molecule has 2 atom stereocenters. The SMILES string of the molecule is COC(=O)N[C@H](C(=O)N1CC2(CC2)C[C@H]1C(=O)OCC(=O)c1ccc2c(c1)C(F)(F)c1cc(C)ccc1-2)C(C)C. The summed E-state index contributed by atoms with van der Waals surface area (Å²) >= 11 is 0. The van der Waals surface area contributed by atoms with Gasteiger partial charge < -0.3 is 19.7 Å². The first kappa shape index (κ1) is 27.7. The molecule has 1 N–H and O–H groups in total. The Labute approximate surface area is 231 Å². The molecule has 10 heteroatoms. The van der Waals surface area contributed by atoms with Crippen LogP contribution in [0.15, 0.2) is 36.4 Å². The van der Waals surface area contributed by atoms with Crippen LogP contribution in [0.25, 0.3) is 11.1 Å². The number of amides is 2. The molecular weight excluding hydrogens is 522 g/mol. The van der Waals surface area contributed by atoms with Crippen molar-refractivity contribution in [3.05, 3.63) is 58.7 Å². The molecule has 8 nitrogen and oxygen atoms in total. The van der Waals surface area contributed by atoms with E-state index in [1.54, 1.807) is 32.9 Å². The molecule has 0 radical (unpaired) electrons. The number of methoxy groups -OCH3 is 1. The third-order valence-corrected chi connectivity index (χ3v) is 8.24. The average molecular weight is 555 g/mol. The molecule has 2 amide bonds. The normalized spacial score (nSPS) is 20.1. The number of fused-ring (bicyclic) bond motifs is 3. The lowest BCUT2D eigenvalue weighted by molar-refractivity contribution is -0.153. The van der Waals surface area contributed by atoms with Crippen LogP contribution in [-0.4, -0.2) is 61.0 Å². The largest absolute Gasteiger partial charge is 0.456 e. The summed E-state index contributed by atoms with van der Waals surface area (Å²) < 4.78 is 40.4. The molecule has 1 heterocycles. The third-order valence-electron chi connectivity index (χ3n) is 8.24. The molecule has 212 valence electrons. The Morgan fingerprint density at radius 3 is 2.33 bits per heavy atom. The minimum Gasteiger partial charge on any atom is -0.456 e. The van der Waals surface area contributed by atoms with Crippen LogP contribution in [0.5, 0.6) is 0 Å². The number of Topliss-reactive ketones (excluding diaryl/α,β-unsaturated/α-hetero) is 1. The second-order valence-corrected chi connectivity index (χ2v) is 11.5. The summed E-state index contributed by atoms with van der Waals surface area (Å²) in [5.74, 6) is -5.30. The number of hydrogen-bond donors (Lipinski definition) is 1. The van der Waals surface area contributed by atoms with Crippen LogP contribution in [-0.2, 0) is 25.0 Å². The van der Waals surface area contributed by atoms with Crippen LogP contribution in [0.2, 0.25) is 0 Å². The molecule has 2 aliphatic carbocycles. The molecule has 1 spiro atoms. The van der Waals surface area contributed by atoms with Crippen LogP contribution in [0.1, 0.15) is 60.2 Å². The molecule has 1 saturated heterocycles. The van der Waals surface area contributed by atoms with Gasteiger partial charge in [0.05, 0.1) is 7.11 Å². The lowest BCUT2D eigenvalue weighted by atomic mass is 10.0. The number of benzene rings is 2. The lowest BCUT2D eigenvalue weighted by Crippen LogP contribution is -2.54. The van der Waals surface area contributed by atoms with Crippen molar-refractivity contribution in [1.29, 1.82) is 0 Å². The maximum absolute atomic E-state index is 15.2. The number of halogens is 2. The molecule has 5 rings (SSSR count). The summed E-state index contributed by atoms with van der Waals surface area (Å²) in [6.07, 6.45) is 1.37. The van der Waals surface area contributed by atoms with Gasteiger partial charge >= 0.3 is 12.1 Å². The Balaban J connectivity index is 1.29. The molecule has 0 aromatic heterocycles. The number of alkyl halides is 2. The highest BCUT2D eigenvalue weighted by molar-refractivity contribution is 6.00. The summed E-state index contributed by atoms with van der Waals surface area (Å²) in [5.41, 5.74) is 0.987. The topological polar surface area (TPSA) is 102 Å². The molecule has 1 saturated carbocycles. The number of nitrogens with one attached hydrogen (secondary N) is 1. The number of alkyl carbamates (subject to hydrolysis) is 1. The predicted octanol–water partition coefficient (Wildman–Crippen LogP) is 4.60. The van der Waals surface area contributed by atoms with Crippen molar-refractivity contribution in [3.63, 3.8) is 0 Å². The van der Waals surface area contributed by atoms with Crippen LogP contribution in [0.3, 0.4) is 0 Å². The molecule has 2 aromatic rings. The zero-order chi connectivity index (χ0) is 29.0. The quantitative estimate of drug-likeness (QED) is 0.397. The van der Waals surface area contributed by atoms with Crippen molar-refractivity contribution in [2.75, 3.05) is 20.3 Å². The molecule has 3 aliphatic rings. The number of carbonyl (C=O) groups excluding carboxylic acids is 4. The highest BCUT2D eigenvalue weighted by atomic mass is 19.3. The van der Waals surface area contributed by atoms with E-state index in [-0.39, 0.29) is 28.0 Å². The van der Waals surface area contributed by atoms with Crippen molar-refractivity contribution in [3.8, 4) is 11.1 Å². The summed E-state index contributed by atoms with van der Waals surface area (Å²) in [6.45, 7) is 4.99. The van der Waals surface area contributed by atoms with Gasteiger partial charge in [-0.05, 0) is 60.8 Å². The van der Waals surface area contributed by atoms with E-state index in [4.69, 9.17) is 4.74 Å². The van der Waals surface area contributed by atoms with Gasteiger partial charge in [0, 0.05) is 23.2 Å². The second kappa shape index (κ2) is 9.98. The molecular formula is C30H32F2N2O6. The standard InChI is InChI=1S/C30H32F2N2O6/c1-16(2)25(33-28(38)39-4)26(36)34-15-29(9-10-29)13-23(34)27(37)40-14-24(35)18-6-8-20-19-7-5-17(3)11-21(19)30(31,32)22(20)12-18/h5-8,11-12,16,23,25H,9-10,13-15H2,1-4H3,(H,33,38)/t23-,25-/m0/s1. The van der Waals surface area contributed by atoms with E-state index in [2.05, 4.69) is 10.1 Å². The Bertz CT molecular complexity index is 1400. The first-order valence-corrected chi connectivity index (χ1v) is 13.4. The Morgan fingerprint density at radius 2 is 1.70 bits per heavy atom. The minimum absolute atomic E-state index is 0.0101. The molecule has 2 fully saturated rings. The number of ether oxygens (including phenoxy) is 2. The first-order chi connectivity index (χ1) is 18.9. The fraction of sp³-hybridized carbons (Fsp3) is 0.467.